The van der Waals surface area contributed by atoms with Gasteiger partial charge >= 0.3 is 6.09 Å². The fraction of sp³-hybridized carbons (Fsp3) is 0.588. The smallest absolute Gasteiger partial charge is 0.410 e. The summed E-state index contributed by atoms with van der Waals surface area (Å²) in [5.41, 5.74) is 0.751. The quantitative estimate of drug-likeness (QED) is 0.918. The zero-order valence-electron chi connectivity index (χ0n) is 13.6. The number of halogens is 1. The van der Waals surface area contributed by atoms with Gasteiger partial charge in [-0.3, -0.25) is 0 Å². The molecule has 0 radical (unpaired) electrons. The lowest BCUT2D eigenvalue weighted by Crippen LogP contribution is -2.46. The Labute approximate surface area is 137 Å². The molecule has 0 bridgehead atoms. The van der Waals surface area contributed by atoms with Crippen LogP contribution < -0.4 is 5.32 Å². The molecule has 1 aliphatic heterocycles. The van der Waals surface area contributed by atoms with Crippen LogP contribution in [0.2, 0.25) is 5.02 Å². The molecular weight excluding hydrogens is 300 g/mol. The van der Waals surface area contributed by atoms with E-state index in [9.17, 15) is 4.79 Å². The third-order valence-electron chi connectivity index (χ3n) is 3.63. The van der Waals surface area contributed by atoms with E-state index < -0.39 is 5.60 Å². The van der Waals surface area contributed by atoms with Crippen LogP contribution in [0, 0.1) is 0 Å². The van der Waals surface area contributed by atoms with E-state index in [0.717, 1.165) is 37.5 Å². The lowest BCUT2D eigenvalue weighted by Gasteiger charge is -2.33. The molecule has 1 aromatic carbocycles. The maximum Gasteiger partial charge on any atom is 0.410 e. The molecule has 0 aromatic heterocycles. The van der Waals surface area contributed by atoms with Crippen LogP contribution in [0.15, 0.2) is 24.3 Å². The predicted molar refractivity (Wildman–Crippen MR) is 89.1 cm³/mol. The minimum Gasteiger partial charge on any atom is -0.444 e. The van der Waals surface area contributed by atoms with Crippen LogP contribution in [0.3, 0.4) is 0 Å². The summed E-state index contributed by atoms with van der Waals surface area (Å²) in [6.07, 6.45) is 1.68. The zero-order chi connectivity index (χ0) is 16.2. The average molecular weight is 325 g/mol. The van der Waals surface area contributed by atoms with Gasteiger partial charge in [-0.25, -0.2) is 4.79 Å². The summed E-state index contributed by atoms with van der Waals surface area (Å²) in [5.74, 6) is 0. The van der Waals surface area contributed by atoms with Crippen molar-refractivity contribution in [3.63, 3.8) is 0 Å². The molecule has 122 valence electrons. The Morgan fingerprint density at radius 2 is 2.05 bits per heavy atom. The van der Waals surface area contributed by atoms with Gasteiger partial charge in [0.25, 0.3) is 0 Å². The third-order valence-corrected chi connectivity index (χ3v) is 3.87. The second-order valence-corrected chi connectivity index (χ2v) is 7.19. The van der Waals surface area contributed by atoms with Crippen LogP contribution in [0.5, 0.6) is 0 Å². The molecule has 1 amide bonds. The van der Waals surface area contributed by atoms with E-state index in [2.05, 4.69) is 11.4 Å². The van der Waals surface area contributed by atoms with Crippen LogP contribution >= 0.6 is 11.6 Å². The summed E-state index contributed by atoms with van der Waals surface area (Å²) in [6, 6.07) is 8.31. The Bertz CT molecular complexity index is 506. The second-order valence-electron chi connectivity index (χ2n) is 6.75. The molecule has 1 fully saturated rings. The van der Waals surface area contributed by atoms with Gasteiger partial charge in [-0.2, -0.15) is 0 Å². The first-order chi connectivity index (χ1) is 10.3. The van der Waals surface area contributed by atoms with Crippen molar-refractivity contribution >= 4 is 17.7 Å². The van der Waals surface area contributed by atoms with E-state index >= 15 is 0 Å². The van der Waals surface area contributed by atoms with E-state index in [1.807, 2.05) is 39.0 Å². The molecular formula is C17H25ClN2O2. The van der Waals surface area contributed by atoms with E-state index in [4.69, 9.17) is 16.3 Å². The van der Waals surface area contributed by atoms with Crippen molar-refractivity contribution in [1.29, 1.82) is 0 Å². The molecule has 1 saturated heterocycles. The number of hydrogen-bond acceptors (Lipinski definition) is 3. The average Bonchev–Trinajstić information content (AvgIpc) is 2.44. The van der Waals surface area contributed by atoms with Crippen molar-refractivity contribution < 1.29 is 9.53 Å². The molecule has 2 rings (SSSR count). The molecule has 1 aromatic rings. The molecule has 4 nitrogen and oxygen atoms in total. The lowest BCUT2D eigenvalue weighted by molar-refractivity contribution is 0.0198. The van der Waals surface area contributed by atoms with Crippen LogP contribution in [0.4, 0.5) is 4.79 Å². The molecule has 0 atom stereocenters. The molecule has 5 heteroatoms. The number of carbonyl (C=O) groups excluding carboxylic acids is 1. The normalized spacial score (nSPS) is 16.6. The number of piperidine rings is 1. The maximum absolute atomic E-state index is 12.0. The summed E-state index contributed by atoms with van der Waals surface area (Å²) >= 11 is 5.99. The van der Waals surface area contributed by atoms with Crippen molar-refractivity contribution in [2.24, 2.45) is 0 Å². The van der Waals surface area contributed by atoms with Gasteiger partial charge in [0.05, 0.1) is 0 Å². The minimum absolute atomic E-state index is 0.208. The summed E-state index contributed by atoms with van der Waals surface area (Å²) in [6.45, 7) is 7.96. The molecule has 22 heavy (non-hydrogen) atoms. The number of hydrogen-bond donors (Lipinski definition) is 1. The first kappa shape index (κ1) is 17.1. The number of rotatable bonds is 3. The fourth-order valence-corrected chi connectivity index (χ4v) is 2.71. The zero-order valence-corrected chi connectivity index (χ0v) is 14.3. The third kappa shape index (κ3) is 5.50. The number of likely N-dealkylation sites (tertiary alicyclic amines) is 1. The molecule has 0 aliphatic carbocycles. The number of carbonyl (C=O) groups is 1. The van der Waals surface area contributed by atoms with Crippen LogP contribution in [0.25, 0.3) is 0 Å². The fourth-order valence-electron chi connectivity index (χ4n) is 2.50. The highest BCUT2D eigenvalue weighted by atomic mass is 35.5. The Kier molecular flexibility index (Phi) is 5.70. The lowest BCUT2D eigenvalue weighted by atomic mass is 10.0. The summed E-state index contributed by atoms with van der Waals surface area (Å²) < 4.78 is 5.41. The molecule has 0 unspecified atom stereocenters. The van der Waals surface area contributed by atoms with Crippen molar-refractivity contribution in [1.82, 2.24) is 10.2 Å². The monoisotopic (exact) mass is 324 g/mol. The SMILES string of the molecule is CC(C)(C)OC(=O)N1CCC(NCc2cccc(Cl)c2)CC1. The van der Waals surface area contributed by atoms with Gasteiger partial charge in [0.15, 0.2) is 0 Å². The predicted octanol–water partition coefficient (Wildman–Crippen LogP) is 3.83. The van der Waals surface area contributed by atoms with Crippen LogP contribution in [0.1, 0.15) is 39.2 Å². The van der Waals surface area contributed by atoms with E-state index in [1.165, 1.54) is 5.56 Å². The first-order valence-corrected chi connectivity index (χ1v) is 8.17. The minimum atomic E-state index is -0.432. The van der Waals surface area contributed by atoms with E-state index in [-0.39, 0.29) is 6.09 Å². The summed E-state index contributed by atoms with van der Waals surface area (Å²) in [5, 5.41) is 4.30. The Morgan fingerprint density at radius 3 is 2.64 bits per heavy atom. The van der Waals surface area contributed by atoms with Gasteiger partial charge in [-0.15, -0.1) is 0 Å². The van der Waals surface area contributed by atoms with Crippen molar-refractivity contribution in [2.45, 2.75) is 51.8 Å². The highest BCUT2D eigenvalue weighted by Gasteiger charge is 2.26. The summed E-state index contributed by atoms with van der Waals surface area (Å²) in [4.78, 5) is 13.8. The highest BCUT2D eigenvalue weighted by molar-refractivity contribution is 6.30. The van der Waals surface area contributed by atoms with Gasteiger partial charge in [0.2, 0.25) is 0 Å². The van der Waals surface area contributed by atoms with Gasteiger partial charge in [-0.1, -0.05) is 23.7 Å². The van der Waals surface area contributed by atoms with Gasteiger partial charge in [0.1, 0.15) is 5.60 Å². The molecule has 1 heterocycles. The molecule has 1 aliphatic rings. The number of nitrogens with one attached hydrogen (secondary N) is 1. The van der Waals surface area contributed by atoms with Gasteiger partial charge in [0, 0.05) is 30.7 Å². The molecule has 0 spiro atoms. The van der Waals surface area contributed by atoms with E-state index in [1.54, 1.807) is 4.90 Å². The number of nitrogens with zero attached hydrogens (tertiary/aromatic N) is 1. The summed E-state index contributed by atoms with van der Waals surface area (Å²) in [7, 11) is 0. The van der Waals surface area contributed by atoms with Crippen LogP contribution in [-0.2, 0) is 11.3 Å². The number of ether oxygens (including phenoxy) is 1. The number of benzene rings is 1. The number of amides is 1. The van der Waals surface area contributed by atoms with Crippen molar-refractivity contribution in [3.05, 3.63) is 34.9 Å². The van der Waals surface area contributed by atoms with E-state index in [0.29, 0.717) is 6.04 Å². The maximum atomic E-state index is 12.0. The second kappa shape index (κ2) is 7.34. The Balaban J connectivity index is 1.74. The van der Waals surface area contributed by atoms with Gasteiger partial charge in [-0.05, 0) is 51.3 Å². The topological polar surface area (TPSA) is 41.6 Å². The van der Waals surface area contributed by atoms with Crippen molar-refractivity contribution in [3.8, 4) is 0 Å². The first-order valence-electron chi connectivity index (χ1n) is 7.79. The molecule has 0 saturated carbocycles. The molecule has 1 N–H and O–H groups in total. The largest absolute Gasteiger partial charge is 0.444 e. The van der Waals surface area contributed by atoms with Gasteiger partial charge < -0.3 is 15.0 Å². The Hall–Kier alpha value is -1.26. The highest BCUT2D eigenvalue weighted by Crippen LogP contribution is 2.16. The van der Waals surface area contributed by atoms with Crippen molar-refractivity contribution in [2.75, 3.05) is 13.1 Å². The Morgan fingerprint density at radius 1 is 1.36 bits per heavy atom. The van der Waals surface area contributed by atoms with Crippen LogP contribution in [-0.4, -0.2) is 35.7 Å². The standard InChI is InChI=1S/C17H25ClN2O2/c1-17(2,3)22-16(21)20-9-7-15(8-10-20)19-12-13-5-4-6-14(18)11-13/h4-6,11,15,19H,7-10,12H2,1-3H3.